The first-order valence-electron chi connectivity index (χ1n) is 4.02. The summed E-state index contributed by atoms with van der Waals surface area (Å²) in [6.07, 6.45) is 0.812. The molecular formula is C10H7IO2S. The lowest BCUT2D eigenvalue weighted by molar-refractivity contribution is 0.112. The van der Waals surface area contributed by atoms with Crippen LogP contribution in [0.15, 0.2) is 17.5 Å². The molecule has 1 aromatic carbocycles. The smallest absolute Gasteiger partial charge is 0.151 e. The van der Waals surface area contributed by atoms with Crippen molar-refractivity contribution >= 4 is 50.3 Å². The second kappa shape index (κ2) is 3.96. The highest BCUT2D eigenvalue weighted by Gasteiger charge is 2.10. The van der Waals surface area contributed by atoms with Gasteiger partial charge < -0.3 is 5.11 Å². The fourth-order valence-corrected chi connectivity index (χ4v) is 3.39. The number of rotatable bonds is 2. The summed E-state index contributed by atoms with van der Waals surface area (Å²) in [6.45, 7) is -0.0874. The Morgan fingerprint density at radius 1 is 1.57 bits per heavy atom. The van der Waals surface area contributed by atoms with Crippen LogP contribution in [0.3, 0.4) is 0 Å². The molecule has 0 aliphatic heterocycles. The monoisotopic (exact) mass is 318 g/mol. The molecule has 0 aliphatic carbocycles. The number of halogens is 1. The second-order valence-corrected chi connectivity index (χ2v) is 4.87. The summed E-state index contributed by atoms with van der Waals surface area (Å²) < 4.78 is 2.05. The number of benzene rings is 1. The maximum Gasteiger partial charge on any atom is 0.151 e. The van der Waals surface area contributed by atoms with E-state index in [-0.39, 0.29) is 6.61 Å². The molecule has 0 aliphatic rings. The number of carbonyl (C=O) groups excluding carboxylic acids is 1. The van der Waals surface area contributed by atoms with Crippen molar-refractivity contribution in [1.29, 1.82) is 0 Å². The van der Waals surface area contributed by atoms with Crippen LogP contribution in [0, 0.1) is 3.57 Å². The van der Waals surface area contributed by atoms with Crippen molar-refractivity contribution in [2.24, 2.45) is 0 Å². The predicted octanol–water partition coefficient (Wildman–Crippen LogP) is 2.81. The zero-order valence-corrected chi connectivity index (χ0v) is 10.1. The maximum atomic E-state index is 10.9. The molecule has 0 saturated carbocycles. The van der Waals surface area contributed by atoms with E-state index in [1.807, 2.05) is 17.5 Å². The molecule has 1 heterocycles. The molecule has 0 saturated heterocycles. The van der Waals surface area contributed by atoms with Crippen LogP contribution >= 0.6 is 33.9 Å². The van der Waals surface area contributed by atoms with Crippen LogP contribution in [0.1, 0.15) is 15.9 Å². The standard InChI is InChI=1S/C10H7IO2S/c11-9-8(5-13)7(4-12)3-6-1-2-14-10(6)9/h1-3,5,12H,4H2. The molecule has 14 heavy (non-hydrogen) atoms. The SMILES string of the molecule is O=Cc1c(CO)cc2ccsc2c1I. The van der Waals surface area contributed by atoms with Crippen molar-refractivity contribution in [2.45, 2.75) is 6.61 Å². The topological polar surface area (TPSA) is 37.3 Å². The highest BCUT2D eigenvalue weighted by atomic mass is 127. The van der Waals surface area contributed by atoms with Crippen molar-refractivity contribution in [3.8, 4) is 0 Å². The molecule has 4 heteroatoms. The molecule has 2 rings (SSSR count). The van der Waals surface area contributed by atoms with Crippen molar-refractivity contribution < 1.29 is 9.90 Å². The molecule has 0 bridgehead atoms. The lowest BCUT2D eigenvalue weighted by atomic mass is 10.1. The van der Waals surface area contributed by atoms with Gasteiger partial charge in [-0.1, -0.05) is 0 Å². The van der Waals surface area contributed by atoms with Crippen LogP contribution in [-0.4, -0.2) is 11.4 Å². The van der Waals surface area contributed by atoms with Gasteiger partial charge in [0.15, 0.2) is 6.29 Å². The van der Waals surface area contributed by atoms with Crippen LogP contribution in [-0.2, 0) is 6.61 Å². The molecule has 1 N–H and O–H groups in total. The summed E-state index contributed by atoms with van der Waals surface area (Å²) in [6, 6.07) is 3.87. The minimum Gasteiger partial charge on any atom is -0.392 e. The number of aliphatic hydroxyl groups is 1. The summed E-state index contributed by atoms with van der Waals surface area (Å²) >= 11 is 3.77. The van der Waals surface area contributed by atoms with Gasteiger partial charge in [-0.2, -0.15) is 0 Å². The first kappa shape index (κ1) is 10.1. The van der Waals surface area contributed by atoms with Gasteiger partial charge in [0.1, 0.15) is 0 Å². The van der Waals surface area contributed by atoms with Crippen LogP contribution in [0.2, 0.25) is 0 Å². The summed E-state index contributed by atoms with van der Waals surface area (Å²) in [5.41, 5.74) is 1.32. The number of carbonyl (C=O) groups is 1. The third kappa shape index (κ3) is 1.47. The Hall–Kier alpha value is -0.460. The average molecular weight is 318 g/mol. The molecule has 0 spiro atoms. The fourth-order valence-electron chi connectivity index (χ4n) is 1.40. The second-order valence-electron chi connectivity index (χ2n) is 2.88. The van der Waals surface area contributed by atoms with Crippen LogP contribution in [0.5, 0.6) is 0 Å². The molecule has 0 fully saturated rings. The Morgan fingerprint density at radius 3 is 3.00 bits per heavy atom. The van der Waals surface area contributed by atoms with E-state index < -0.39 is 0 Å². The Morgan fingerprint density at radius 2 is 2.36 bits per heavy atom. The number of fused-ring (bicyclic) bond motifs is 1. The third-order valence-electron chi connectivity index (χ3n) is 2.10. The molecule has 0 atom stereocenters. The maximum absolute atomic E-state index is 10.9. The highest BCUT2D eigenvalue weighted by molar-refractivity contribution is 14.1. The van der Waals surface area contributed by atoms with E-state index in [2.05, 4.69) is 22.6 Å². The zero-order valence-electron chi connectivity index (χ0n) is 7.16. The first-order chi connectivity index (χ1) is 6.77. The number of hydrogen-bond donors (Lipinski definition) is 1. The van der Waals surface area contributed by atoms with Gasteiger partial charge in [-0.25, -0.2) is 0 Å². The van der Waals surface area contributed by atoms with E-state index in [0.29, 0.717) is 11.1 Å². The molecule has 2 nitrogen and oxygen atoms in total. The van der Waals surface area contributed by atoms with Crippen molar-refractivity contribution in [3.05, 3.63) is 32.2 Å². The molecule has 0 radical (unpaired) electrons. The lowest BCUT2D eigenvalue weighted by Gasteiger charge is -2.04. The van der Waals surface area contributed by atoms with Crippen LogP contribution in [0.4, 0.5) is 0 Å². The zero-order chi connectivity index (χ0) is 10.1. The van der Waals surface area contributed by atoms with E-state index in [0.717, 1.165) is 19.9 Å². The van der Waals surface area contributed by atoms with E-state index in [1.54, 1.807) is 11.3 Å². The highest BCUT2D eigenvalue weighted by Crippen LogP contribution is 2.30. The van der Waals surface area contributed by atoms with Crippen LogP contribution < -0.4 is 0 Å². The first-order valence-corrected chi connectivity index (χ1v) is 5.98. The molecule has 72 valence electrons. The van der Waals surface area contributed by atoms with Crippen molar-refractivity contribution in [3.63, 3.8) is 0 Å². The van der Waals surface area contributed by atoms with Gasteiger partial charge in [0.05, 0.1) is 6.61 Å². The summed E-state index contributed by atoms with van der Waals surface area (Å²) in [5.74, 6) is 0. The normalized spacial score (nSPS) is 10.7. The van der Waals surface area contributed by atoms with E-state index in [1.165, 1.54) is 0 Å². The Kier molecular flexibility index (Phi) is 2.85. The van der Waals surface area contributed by atoms with Crippen LogP contribution in [0.25, 0.3) is 10.1 Å². The minimum absolute atomic E-state index is 0.0874. The number of aldehydes is 1. The van der Waals surface area contributed by atoms with Gasteiger partial charge in [-0.05, 0) is 51.1 Å². The van der Waals surface area contributed by atoms with Gasteiger partial charge in [0, 0.05) is 13.8 Å². The van der Waals surface area contributed by atoms with E-state index in [9.17, 15) is 4.79 Å². The lowest BCUT2D eigenvalue weighted by Crippen LogP contribution is -1.95. The Labute approximate surface area is 98.7 Å². The largest absolute Gasteiger partial charge is 0.392 e. The summed E-state index contributed by atoms with van der Waals surface area (Å²) in [7, 11) is 0. The quantitative estimate of drug-likeness (QED) is 0.683. The molecular weight excluding hydrogens is 311 g/mol. The van der Waals surface area contributed by atoms with Gasteiger partial charge in [-0.3, -0.25) is 4.79 Å². The van der Waals surface area contributed by atoms with Crippen molar-refractivity contribution in [2.75, 3.05) is 0 Å². The third-order valence-corrected chi connectivity index (χ3v) is 4.53. The fraction of sp³-hybridized carbons (Fsp3) is 0.100. The van der Waals surface area contributed by atoms with Crippen molar-refractivity contribution in [1.82, 2.24) is 0 Å². The number of thiophene rings is 1. The van der Waals surface area contributed by atoms with Gasteiger partial charge in [-0.15, -0.1) is 11.3 Å². The Bertz CT molecular complexity index is 490. The average Bonchev–Trinajstić information content (AvgIpc) is 2.65. The minimum atomic E-state index is -0.0874. The molecule has 1 aromatic heterocycles. The molecule has 0 unspecified atom stereocenters. The summed E-state index contributed by atoms with van der Waals surface area (Å²) in [4.78, 5) is 10.9. The molecule has 0 amide bonds. The predicted molar refractivity (Wildman–Crippen MR) is 65.9 cm³/mol. The van der Waals surface area contributed by atoms with E-state index in [4.69, 9.17) is 5.11 Å². The molecule has 2 aromatic rings. The van der Waals surface area contributed by atoms with Gasteiger partial charge in [0.2, 0.25) is 0 Å². The summed E-state index contributed by atoms with van der Waals surface area (Å²) in [5, 5.41) is 12.2. The van der Waals surface area contributed by atoms with Gasteiger partial charge in [0.25, 0.3) is 0 Å². The Balaban J connectivity index is 2.85. The van der Waals surface area contributed by atoms with E-state index >= 15 is 0 Å². The van der Waals surface area contributed by atoms with Gasteiger partial charge >= 0.3 is 0 Å². The number of hydrogen-bond acceptors (Lipinski definition) is 3. The number of aliphatic hydroxyl groups excluding tert-OH is 1.